The summed E-state index contributed by atoms with van der Waals surface area (Å²) < 4.78 is 5.22. The molecule has 1 fully saturated rings. The third kappa shape index (κ3) is 3.04. The van der Waals surface area contributed by atoms with Gasteiger partial charge in [-0.25, -0.2) is 4.98 Å². The van der Waals surface area contributed by atoms with Crippen molar-refractivity contribution in [3.8, 4) is 5.88 Å². The number of rotatable bonds is 5. The van der Waals surface area contributed by atoms with E-state index in [4.69, 9.17) is 16.3 Å². The molecule has 0 unspecified atom stereocenters. The second-order valence-electron chi connectivity index (χ2n) is 5.80. The van der Waals surface area contributed by atoms with Crippen LogP contribution in [0.25, 0.3) is 0 Å². The molecule has 1 heterocycles. The lowest BCUT2D eigenvalue weighted by Crippen LogP contribution is -2.49. The lowest BCUT2D eigenvalue weighted by molar-refractivity contribution is -0.130. The van der Waals surface area contributed by atoms with Crippen LogP contribution in [0.2, 0.25) is 5.02 Å². The number of carbonyl (C=O) groups is 1. The van der Waals surface area contributed by atoms with Crippen LogP contribution in [0.5, 0.6) is 5.88 Å². The van der Waals surface area contributed by atoms with E-state index in [-0.39, 0.29) is 5.91 Å². The highest BCUT2D eigenvalue weighted by Gasteiger charge is 2.45. The highest BCUT2D eigenvalue weighted by molar-refractivity contribution is 6.30. The van der Waals surface area contributed by atoms with Gasteiger partial charge in [0, 0.05) is 23.3 Å². The minimum absolute atomic E-state index is 0.0388. The van der Waals surface area contributed by atoms with Gasteiger partial charge in [0.15, 0.2) is 0 Å². The second kappa shape index (κ2) is 6.59. The van der Waals surface area contributed by atoms with Crippen molar-refractivity contribution < 1.29 is 9.53 Å². The Hall–Kier alpha value is -2.07. The first kappa shape index (κ1) is 15.8. The summed E-state index contributed by atoms with van der Waals surface area (Å²) in [5.74, 6) is 0.579. The Labute approximate surface area is 140 Å². The van der Waals surface area contributed by atoms with Gasteiger partial charge < -0.3 is 10.1 Å². The second-order valence-corrected chi connectivity index (χ2v) is 6.24. The zero-order valence-electron chi connectivity index (χ0n) is 13.0. The number of nitrogens with zero attached hydrogens (tertiary/aromatic N) is 1. The molecule has 3 rings (SSSR count). The maximum absolute atomic E-state index is 12.8. The van der Waals surface area contributed by atoms with Crippen molar-refractivity contribution in [3.05, 3.63) is 58.7 Å². The number of amides is 1. The normalized spacial score (nSPS) is 15.6. The molecule has 1 aliphatic rings. The Kier molecular flexibility index (Phi) is 4.53. The van der Waals surface area contributed by atoms with Crippen molar-refractivity contribution in [3.63, 3.8) is 0 Å². The SMILES string of the molecule is COc1ncccc1CNC(=O)C1(c2cccc(Cl)c2)CCC1. The van der Waals surface area contributed by atoms with Gasteiger partial charge in [-0.15, -0.1) is 0 Å². The van der Waals surface area contributed by atoms with Crippen LogP contribution in [0.15, 0.2) is 42.6 Å². The molecule has 1 N–H and O–H groups in total. The summed E-state index contributed by atoms with van der Waals surface area (Å²) in [5, 5.41) is 3.69. The summed E-state index contributed by atoms with van der Waals surface area (Å²) in [6.45, 7) is 0.401. The van der Waals surface area contributed by atoms with Gasteiger partial charge in [-0.3, -0.25) is 4.79 Å². The van der Waals surface area contributed by atoms with E-state index in [1.165, 1.54) is 0 Å². The molecular weight excluding hydrogens is 312 g/mol. The molecule has 1 saturated carbocycles. The van der Waals surface area contributed by atoms with Crippen LogP contribution in [0.3, 0.4) is 0 Å². The Morgan fingerprint density at radius 2 is 2.17 bits per heavy atom. The zero-order valence-corrected chi connectivity index (χ0v) is 13.8. The number of ether oxygens (including phenoxy) is 1. The molecule has 1 amide bonds. The Morgan fingerprint density at radius 1 is 1.35 bits per heavy atom. The highest BCUT2D eigenvalue weighted by atomic mass is 35.5. The maximum Gasteiger partial charge on any atom is 0.230 e. The van der Waals surface area contributed by atoms with Gasteiger partial charge in [0.05, 0.1) is 12.5 Å². The standard InChI is InChI=1S/C18H19ClN2O2/c1-23-16-13(5-3-10-20-16)12-21-17(22)18(8-4-9-18)14-6-2-7-15(19)11-14/h2-3,5-7,10-11H,4,8-9,12H2,1H3,(H,21,22). The minimum Gasteiger partial charge on any atom is -0.481 e. The number of aromatic nitrogens is 1. The van der Waals surface area contributed by atoms with E-state index in [1.54, 1.807) is 13.3 Å². The Bertz CT molecular complexity index is 714. The first-order chi connectivity index (χ1) is 11.2. The topological polar surface area (TPSA) is 51.2 Å². The highest BCUT2D eigenvalue weighted by Crippen LogP contribution is 2.44. The van der Waals surface area contributed by atoms with Crippen molar-refractivity contribution in [1.82, 2.24) is 10.3 Å². The van der Waals surface area contributed by atoms with E-state index in [1.807, 2.05) is 36.4 Å². The number of pyridine rings is 1. The van der Waals surface area contributed by atoms with Crippen LogP contribution in [-0.2, 0) is 16.8 Å². The first-order valence-corrected chi connectivity index (χ1v) is 8.06. The lowest BCUT2D eigenvalue weighted by atomic mass is 9.64. The van der Waals surface area contributed by atoms with Crippen LogP contribution >= 0.6 is 11.6 Å². The fourth-order valence-corrected chi connectivity index (χ4v) is 3.24. The predicted octanol–water partition coefficient (Wildman–Crippen LogP) is 3.48. The number of hydrogen-bond acceptors (Lipinski definition) is 3. The van der Waals surface area contributed by atoms with E-state index in [2.05, 4.69) is 10.3 Å². The largest absolute Gasteiger partial charge is 0.481 e. The van der Waals surface area contributed by atoms with Crippen LogP contribution in [0.1, 0.15) is 30.4 Å². The molecule has 0 saturated heterocycles. The average molecular weight is 331 g/mol. The van der Waals surface area contributed by atoms with E-state index >= 15 is 0 Å². The summed E-state index contributed by atoms with van der Waals surface area (Å²) in [5.41, 5.74) is 1.40. The zero-order chi connectivity index (χ0) is 16.3. The van der Waals surface area contributed by atoms with Crippen LogP contribution in [0, 0.1) is 0 Å². The van der Waals surface area contributed by atoms with E-state index in [0.717, 1.165) is 30.4 Å². The molecule has 4 nitrogen and oxygen atoms in total. The van der Waals surface area contributed by atoms with Crippen LogP contribution < -0.4 is 10.1 Å². The van der Waals surface area contributed by atoms with Gasteiger partial charge >= 0.3 is 0 Å². The summed E-state index contributed by atoms with van der Waals surface area (Å²) in [4.78, 5) is 17.0. The number of methoxy groups -OCH3 is 1. The Morgan fingerprint density at radius 3 is 2.83 bits per heavy atom. The predicted molar refractivity (Wildman–Crippen MR) is 89.6 cm³/mol. The molecule has 0 atom stereocenters. The Balaban J connectivity index is 1.76. The van der Waals surface area contributed by atoms with Gasteiger partial charge in [0.25, 0.3) is 0 Å². The third-order valence-electron chi connectivity index (χ3n) is 4.50. The average Bonchev–Trinajstić information content (AvgIpc) is 2.52. The van der Waals surface area contributed by atoms with Crippen molar-refractivity contribution in [2.24, 2.45) is 0 Å². The van der Waals surface area contributed by atoms with Crippen molar-refractivity contribution >= 4 is 17.5 Å². The molecule has 0 bridgehead atoms. The van der Waals surface area contributed by atoms with Crippen LogP contribution in [-0.4, -0.2) is 18.0 Å². The maximum atomic E-state index is 12.8. The first-order valence-electron chi connectivity index (χ1n) is 7.68. The molecule has 5 heteroatoms. The number of hydrogen-bond donors (Lipinski definition) is 1. The molecule has 1 aliphatic carbocycles. The summed E-state index contributed by atoms with van der Waals surface area (Å²) in [6, 6.07) is 11.3. The fraction of sp³-hybridized carbons (Fsp3) is 0.333. The third-order valence-corrected chi connectivity index (χ3v) is 4.74. The molecular formula is C18H19ClN2O2. The number of nitrogens with one attached hydrogen (secondary N) is 1. The van der Waals surface area contributed by atoms with Gasteiger partial charge in [-0.05, 0) is 36.6 Å². The summed E-state index contributed by atoms with van der Waals surface area (Å²) in [7, 11) is 1.58. The lowest BCUT2D eigenvalue weighted by Gasteiger charge is -2.40. The summed E-state index contributed by atoms with van der Waals surface area (Å²) in [6.07, 6.45) is 4.42. The molecule has 0 spiro atoms. The molecule has 23 heavy (non-hydrogen) atoms. The van der Waals surface area contributed by atoms with E-state index < -0.39 is 5.41 Å². The van der Waals surface area contributed by atoms with E-state index in [0.29, 0.717) is 17.4 Å². The van der Waals surface area contributed by atoms with Gasteiger partial charge in [0.1, 0.15) is 0 Å². The molecule has 1 aromatic heterocycles. The van der Waals surface area contributed by atoms with E-state index in [9.17, 15) is 4.79 Å². The molecule has 2 aromatic rings. The quantitative estimate of drug-likeness (QED) is 0.913. The van der Waals surface area contributed by atoms with Crippen molar-refractivity contribution in [2.45, 2.75) is 31.2 Å². The van der Waals surface area contributed by atoms with Gasteiger partial charge in [0.2, 0.25) is 11.8 Å². The molecule has 0 radical (unpaired) electrons. The molecule has 1 aromatic carbocycles. The fourth-order valence-electron chi connectivity index (χ4n) is 3.05. The summed E-state index contributed by atoms with van der Waals surface area (Å²) >= 11 is 6.09. The molecule has 120 valence electrons. The van der Waals surface area contributed by atoms with Crippen molar-refractivity contribution in [1.29, 1.82) is 0 Å². The minimum atomic E-state index is -0.458. The number of halogens is 1. The monoisotopic (exact) mass is 330 g/mol. The number of benzene rings is 1. The van der Waals surface area contributed by atoms with Gasteiger partial charge in [-0.1, -0.05) is 36.2 Å². The van der Waals surface area contributed by atoms with Crippen molar-refractivity contribution in [2.75, 3.05) is 7.11 Å². The number of carbonyl (C=O) groups excluding carboxylic acids is 1. The van der Waals surface area contributed by atoms with Gasteiger partial charge in [-0.2, -0.15) is 0 Å². The van der Waals surface area contributed by atoms with Crippen LogP contribution in [0.4, 0.5) is 0 Å². The smallest absolute Gasteiger partial charge is 0.230 e. The molecule has 0 aliphatic heterocycles.